The number of ether oxygens (including phenoxy) is 1. The third kappa shape index (κ3) is 2.75. The van der Waals surface area contributed by atoms with Gasteiger partial charge in [0.2, 0.25) is 0 Å². The van der Waals surface area contributed by atoms with Gasteiger partial charge in [-0.25, -0.2) is 0 Å². The first-order valence-electron chi connectivity index (χ1n) is 5.81. The molecule has 0 saturated heterocycles. The number of esters is 1. The molecule has 1 aliphatic heterocycles. The normalized spacial score (nSPS) is 16.8. The van der Waals surface area contributed by atoms with Crippen molar-refractivity contribution >= 4 is 16.1 Å². The minimum absolute atomic E-state index is 0.000301. The van der Waals surface area contributed by atoms with Crippen LogP contribution in [0.5, 0.6) is 11.5 Å². The maximum atomic E-state index is 11.5. The predicted molar refractivity (Wildman–Crippen MR) is 69.9 cm³/mol. The molecule has 0 atom stereocenters. The lowest BCUT2D eigenvalue weighted by molar-refractivity contribution is -0.136. The van der Waals surface area contributed by atoms with Gasteiger partial charge in [0.25, 0.3) is 0 Å². The highest BCUT2D eigenvalue weighted by Crippen LogP contribution is 2.42. The van der Waals surface area contributed by atoms with Crippen LogP contribution in [0.4, 0.5) is 0 Å². The Morgan fingerprint density at radius 1 is 1.40 bits per heavy atom. The number of fused-ring (bicyclic) bond motifs is 1. The first-order valence-corrected chi connectivity index (χ1v) is 7.63. The predicted octanol–water partition coefficient (Wildman–Crippen LogP) is 1.48. The van der Waals surface area contributed by atoms with Crippen molar-refractivity contribution in [3.05, 3.63) is 23.3 Å². The van der Waals surface area contributed by atoms with E-state index in [-0.39, 0.29) is 29.5 Å². The lowest BCUT2D eigenvalue weighted by Crippen LogP contribution is -2.30. The molecule has 106 valence electrons. The zero-order valence-electron chi connectivity index (χ0n) is 11.3. The lowest BCUT2D eigenvalue weighted by atomic mass is 9.79. The molecule has 0 radical (unpaired) electrons. The summed E-state index contributed by atoms with van der Waals surface area (Å²) in [5.74, 6) is -0.174. The highest BCUT2D eigenvalue weighted by Gasteiger charge is 2.35. The summed E-state index contributed by atoms with van der Waals surface area (Å²) >= 11 is 0. The van der Waals surface area contributed by atoms with Crippen molar-refractivity contribution < 1.29 is 22.1 Å². The molecule has 0 fully saturated rings. The summed E-state index contributed by atoms with van der Waals surface area (Å²) in [4.78, 5) is 11.5. The molecule has 2 rings (SSSR count). The van der Waals surface area contributed by atoms with Crippen LogP contribution in [0.2, 0.25) is 0 Å². The Bertz CT molecular complexity index is 728. The summed E-state index contributed by atoms with van der Waals surface area (Å²) < 4.78 is 32.4. The molecule has 0 N–H and O–H groups in total. The lowest BCUT2D eigenvalue weighted by Gasteiger charge is -2.31. The van der Waals surface area contributed by atoms with Crippen LogP contribution in [0.25, 0.3) is 0 Å². The fraction of sp³-hybridized carbons (Fsp3) is 0.385. The van der Waals surface area contributed by atoms with Crippen LogP contribution in [0.1, 0.15) is 31.4 Å². The van der Waals surface area contributed by atoms with E-state index in [0.717, 1.165) is 6.26 Å². The summed E-state index contributed by atoms with van der Waals surface area (Å²) in [6.07, 6.45) is 1.07. The number of carbonyl (C=O) groups excluding carboxylic acids is 1. The van der Waals surface area contributed by atoms with Gasteiger partial charge >= 0.3 is 16.1 Å². The van der Waals surface area contributed by atoms with Gasteiger partial charge < -0.3 is 8.92 Å². The smallest absolute Gasteiger partial charge is 0.312 e. The average Bonchev–Trinajstić information content (AvgIpc) is 2.26. The Kier molecular flexibility index (Phi) is 3.22. The fourth-order valence-corrected chi connectivity index (χ4v) is 2.57. The van der Waals surface area contributed by atoms with Gasteiger partial charge in [-0.2, -0.15) is 13.7 Å². The Morgan fingerprint density at radius 2 is 2.05 bits per heavy atom. The van der Waals surface area contributed by atoms with Gasteiger partial charge in [-0.05, 0) is 6.07 Å². The molecule has 7 heteroatoms. The van der Waals surface area contributed by atoms with Crippen molar-refractivity contribution in [2.75, 3.05) is 6.26 Å². The first-order chi connectivity index (χ1) is 9.12. The number of benzene rings is 1. The Hall–Kier alpha value is -2.07. The van der Waals surface area contributed by atoms with E-state index in [9.17, 15) is 13.2 Å². The van der Waals surface area contributed by atoms with E-state index in [1.165, 1.54) is 12.1 Å². The molecule has 0 bridgehead atoms. The SMILES string of the molecule is CC1(C)CC(=O)Oc2cc(C#N)c(OS(C)(=O)=O)cc21. The van der Waals surface area contributed by atoms with Crippen LogP contribution >= 0.6 is 0 Å². The zero-order chi connectivity index (χ0) is 15.1. The quantitative estimate of drug-likeness (QED) is 0.466. The molecule has 0 saturated carbocycles. The molecular weight excluding hydrogens is 282 g/mol. The van der Waals surface area contributed by atoms with Gasteiger partial charge in [0.05, 0.1) is 18.2 Å². The van der Waals surface area contributed by atoms with Crippen molar-refractivity contribution in [3.63, 3.8) is 0 Å². The van der Waals surface area contributed by atoms with E-state index in [4.69, 9.17) is 14.2 Å². The minimum Gasteiger partial charge on any atom is -0.426 e. The van der Waals surface area contributed by atoms with E-state index in [1.54, 1.807) is 0 Å². The van der Waals surface area contributed by atoms with Crippen LogP contribution < -0.4 is 8.92 Å². The molecule has 0 amide bonds. The maximum Gasteiger partial charge on any atom is 0.312 e. The summed E-state index contributed by atoms with van der Waals surface area (Å²) in [7, 11) is -3.74. The minimum atomic E-state index is -3.74. The van der Waals surface area contributed by atoms with Gasteiger partial charge in [0.15, 0.2) is 5.75 Å². The number of nitrogens with zero attached hydrogens (tertiary/aromatic N) is 1. The third-order valence-electron chi connectivity index (χ3n) is 2.98. The van der Waals surface area contributed by atoms with E-state index in [1.807, 2.05) is 19.9 Å². The van der Waals surface area contributed by atoms with Crippen molar-refractivity contribution in [2.24, 2.45) is 0 Å². The zero-order valence-corrected chi connectivity index (χ0v) is 12.1. The first kappa shape index (κ1) is 14.3. The van der Waals surface area contributed by atoms with Crippen LogP contribution in [-0.4, -0.2) is 20.6 Å². The highest BCUT2D eigenvalue weighted by molar-refractivity contribution is 7.86. The molecule has 0 aromatic heterocycles. The van der Waals surface area contributed by atoms with Gasteiger partial charge in [0.1, 0.15) is 11.8 Å². The topological polar surface area (TPSA) is 93.5 Å². The number of hydrogen-bond donors (Lipinski definition) is 0. The van der Waals surface area contributed by atoms with Crippen molar-refractivity contribution in [2.45, 2.75) is 25.7 Å². The van der Waals surface area contributed by atoms with E-state index in [2.05, 4.69) is 0 Å². The summed E-state index contributed by atoms with van der Waals surface area (Å²) in [5, 5.41) is 9.05. The Labute approximate surface area is 117 Å². The molecule has 1 aromatic carbocycles. The molecule has 0 unspecified atom stereocenters. The standard InChI is InChI=1S/C13H13NO5S/c1-13(2)6-12(15)18-11-4-8(7-14)10(5-9(11)13)19-20(3,16)17/h4-5H,6H2,1-3H3. The second kappa shape index (κ2) is 4.49. The van der Waals surface area contributed by atoms with E-state index < -0.39 is 15.5 Å². The van der Waals surface area contributed by atoms with Crippen molar-refractivity contribution in [1.82, 2.24) is 0 Å². The number of carbonyl (C=O) groups is 1. The molecule has 20 heavy (non-hydrogen) atoms. The van der Waals surface area contributed by atoms with Crippen LogP contribution in [0.3, 0.4) is 0 Å². The molecule has 0 spiro atoms. The molecule has 1 aromatic rings. The van der Waals surface area contributed by atoms with Gasteiger partial charge in [-0.3, -0.25) is 4.79 Å². The molecular formula is C13H13NO5S. The fourth-order valence-electron chi connectivity index (χ4n) is 2.11. The monoisotopic (exact) mass is 295 g/mol. The molecule has 1 heterocycles. The second-order valence-electron chi connectivity index (χ2n) is 5.28. The molecule has 1 aliphatic rings. The molecule has 0 aliphatic carbocycles. The number of hydrogen-bond acceptors (Lipinski definition) is 6. The largest absolute Gasteiger partial charge is 0.426 e. The van der Waals surface area contributed by atoms with Gasteiger partial charge in [-0.15, -0.1) is 0 Å². The molecule has 6 nitrogen and oxygen atoms in total. The van der Waals surface area contributed by atoms with E-state index >= 15 is 0 Å². The van der Waals surface area contributed by atoms with Crippen molar-refractivity contribution in [1.29, 1.82) is 5.26 Å². The summed E-state index contributed by atoms with van der Waals surface area (Å²) in [6, 6.07) is 4.60. The summed E-state index contributed by atoms with van der Waals surface area (Å²) in [5.41, 5.74) is 0.114. The average molecular weight is 295 g/mol. The van der Waals surface area contributed by atoms with Crippen LogP contribution in [0, 0.1) is 11.3 Å². The Morgan fingerprint density at radius 3 is 2.60 bits per heavy atom. The van der Waals surface area contributed by atoms with Gasteiger partial charge in [0, 0.05) is 17.0 Å². The highest BCUT2D eigenvalue weighted by atomic mass is 32.2. The Balaban J connectivity index is 2.63. The third-order valence-corrected chi connectivity index (χ3v) is 3.46. The van der Waals surface area contributed by atoms with Crippen molar-refractivity contribution in [3.8, 4) is 17.6 Å². The maximum absolute atomic E-state index is 11.5. The van der Waals surface area contributed by atoms with E-state index in [0.29, 0.717) is 5.56 Å². The van der Waals surface area contributed by atoms with Crippen LogP contribution in [-0.2, 0) is 20.3 Å². The van der Waals surface area contributed by atoms with Crippen LogP contribution in [0.15, 0.2) is 12.1 Å². The second-order valence-corrected chi connectivity index (χ2v) is 6.85. The number of rotatable bonds is 2. The number of nitriles is 1. The van der Waals surface area contributed by atoms with Gasteiger partial charge in [-0.1, -0.05) is 13.8 Å². The summed E-state index contributed by atoms with van der Waals surface area (Å²) in [6.45, 7) is 3.67.